The van der Waals surface area contributed by atoms with E-state index in [-0.39, 0.29) is 5.41 Å². The molecule has 0 unspecified atom stereocenters. The van der Waals surface area contributed by atoms with Crippen molar-refractivity contribution in [2.24, 2.45) is 4.99 Å². The number of ether oxygens (including phenoxy) is 1. The molecule has 0 heterocycles. The first-order chi connectivity index (χ1) is 10.5. The predicted octanol–water partition coefficient (Wildman–Crippen LogP) is 2.99. The minimum Gasteiger partial charge on any atom is -0.497 e. The minimum absolute atomic E-state index is 0.159. The van der Waals surface area contributed by atoms with Crippen LogP contribution in [-0.2, 0) is 5.41 Å². The number of guanidine groups is 1. The smallest absolute Gasteiger partial charge is 0.195 e. The van der Waals surface area contributed by atoms with Gasteiger partial charge in [-0.15, -0.1) is 0 Å². The Kier molecular flexibility index (Phi) is 5.33. The first-order valence-electron chi connectivity index (χ1n) is 8.02. The fourth-order valence-corrected chi connectivity index (χ4v) is 3.45. The summed E-state index contributed by atoms with van der Waals surface area (Å²) in [5.74, 6) is 1.96. The van der Waals surface area contributed by atoms with E-state index in [0.717, 1.165) is 18.3 Å². The zero-order chi connectivity index (χ0) is 16.2. The number of benzene rings is 1. The largest absolute Gasteiger partial charge is 0.497 e. The molecule has 1 aromatic carbocycles. The fraction of sp³-hybridized carbons (Fsp3) is 0.611. The Labute approximate surface area is 134 Å². The highest BCUT2D eigenvalue weighted by molar-refractivity contribution is 5.79. The highest BCUT2D eigenvalue weighted by atomic mass is 16.5. The molecule has 4 nitrogen and oxygen atoms in total. The molecule has 1 aliphatic rings. The van der Waals surface area contributed by atoms with E-state index in [0.29, 0.717) is 0 Å². The molecule has 0 aromatic heterocycles. The first kappa shape index (κ1) is 16.7. The van der Waals surface area contributed by atoms with Crippen molar-refractivity contribution in [1.29, 1.82) is 0 Å². The third kappa shape index (κ3) is 3.54. The number of hydrogen-bond donors (Lipinski definition) is 0. The van der Waals surface area contributed by atoms with Gasteiger partial charge < -0.3 is 14.5 Å². The van der Waals surface area contributed by atoms with Crippen LogP contribution in [0.1, 0.15) is 31.2 Å². The third-order valence-corrected chi connectivity index (χ3v) is 4.57. The lowest BCUT2D eigenvalue weighted by Crippen LogP contribution is -2.37. The molecule has 22 heavy (non-hydrogen) atoms. The van der Waals surface area contributed by atoms with Crippen molar-refractivity contribution in [1.82, 2.24) is 9.80 Å². The summed E-state index contributed by atoms with van der Waals surface area (Å²) < 4.78 is 5.41. The summed E-state index contributed by atoms with van der Waals surface area (Å²) in [6, 6.07) is 8.53. The maximum atomic E-state index is 5.41. The summed E-state index contributed by atoms with van der Waals surface area (Å²) in [5.41, 5.74) is 1.52. The lowest BCUT2D eigenvalue weighted by atomic mass is 9.79. The maximum Gasteiger partial charge on any atom is 0.195 e. The van der Waals surface area contributed by atoms with Crippen molar-refractivity contribution in [3.63, 3.8) is 0 Å². The Morgan fingerprint density at radius 2 is 1.77 bits per heavy atom. The van der Waals surface area contributed by atoms with Crippen LogP contribution < -0.4 is 4.74 Å². The highest BCUT2D eigenvalue weighted by Crippen LogP contribution is 2.42. The van der Waals surface area contributed by atoms with Crippen LogP contribution in [0.15, 0.2) is 29.3 Å². The van der Waals surface area contributed by atoms with E-state index in [1.54, 1.807) is 7.11 Å². The van der Waals surface area contributed by atoms with E-state index < -0.39 is 0 Å². The zero-order valence-electron chi connectivity index (χ0n) is 14.6. The molecule has 1 fully saturated rings. The quantitative estimate of drug-likeness (QED) is 0.632. The van der Waals surface area contributed by atoms with Crippen LogP contribution in [0.2, 0.25) is 0 Å². The maximum absolute atomic E-state index is 5.41. The summed E-state index contributed by atoms with van der Waals surface area (Å²) in [5, 5.41) is 0. The number of methoxy groups -OCH3 is 1. The van der Waals surface area contributed by atoms with Gasteiger partial charge in [0.05, 0.1) is 13.7 Å². The van der Waals surface area contributed by atoms with Gasteiger partial charge >= 0.3 is 0 Å². The normalized spacial score (nSPS) is 16.2. The first-order valence-corrected chi connectivity index (χ1v) is 8.02. The molecule has 0 saturated heterocycles. The molecule has 2 rings (SSSR count). The van der Waals surface area contributed by atoms with E-state index in [1.165, 1.54) is 31.2 Å². The van der Waals surface area contributed by atoms with Gasteiger partial charge in [0.1, 0.15) is 5.75 Å². The van der Waals surface area contributed by atoms with Crippen molar-refractivity contribution >= 4 is 5.96 Å². The van der Waals surface area contributed by atoms with E-state index in [4.69, 9.17) is 9.73 Å². The van der Waals surface area contributed by atoms with Crippen molar-refractivity contribution in [3.05, 3.63) is 29.8 Å². The molecule has 0 aliphatic heterocycles. The minimum atomic E-state index is 0.159. The van der Waals surface area contributed by atoms with Crippen LogP contribution >= 0.6 is 0 Å². The number of hydrogen-bond acceptors (Lipinski definition) is 2. The Morgan fingerprint density at radius 3 is 2.32 bits per heavy atom. The Bertz CT molecular complexity index is 507. The topological polar surface area (TPSA) is 28.1 Å². The number of aliphatic imine (C=N–C) groups is 1. The molecule has 0 N–H and O–H groups in total. The lowest BCUT2D eigenvalue weighted by molar-refractivity contribution is 0.405. The molecular formula is C18H29N3O. The summed E-state index contributed by atoms with van der Waals surface area (Å²) in [6.45, 7) is 0.839. The summed E-state index contributed by atoms with van der Waals surface area (Å²) in [7, 11) is 9.92. The van der Waals surface area contributed by atoms with Crippen LogP contribution in [0.3, 0.4) is 0 Å². The van der Waals surface area contributed by atoms with Crippen LogP contribution in [0.25, 0.3) is 0 Å². The second-order valence-electron chi connectivity index (χ2n) is 6.62. The Balaban J connectivity index is 2.30. The Morgan fingerprint density at radius 1 is 1.14 bits per heavy atom. The van der Waals surface area contributed by atoms with Crippen LogP contribution in [-0.4, -0.2) is 57.6 Å². The van der Waals surface area contributed by atoms with E-state index in [9.17, 15) is 0 Å². The van der Waals surface area contributed by atoms with Gasteiger partial charge in [0.2, 0.25) is 0 Å². The molecule has 122 valence electrons. The van der Waals surface area contributed by atoms with E-state index in [1.807, 2.05) is 34.3 Å². The van der Waals surface area contributed by atoms with Gasteiger partial charge in [0.25, 0.3) is 0 Å². The second kappa shape index (κ2) is 7.03. The highest BCUT2D eigenvalue weighted by Gasteiger charge is 2.36. The van der Waals surface area contributed by atoms with Gasteiger partial charge in [-0.05, 0) is 30.5 Å². The van der Waals surface area contributed by atoms with Crippen molar-refractivity contribution < 1.29 is 4.74 Å². The summed E-state index contributed by atoms with van der Waals surface area (Å²) in [6.07, 6.45) is 4.98. The molecule has 1 aliphatic carbocycles. The number of rotatable bonds is 4. The van der Waals surface area contributed by atoms with Crippen LogP contribution in [0, 0.1) is 0 Å². The third-order valence-electron chi connectivity index (χ3n) is 4.57. The van der Waals surface area contributed by atoms with Gasteiger partial charge in [-0.2, -0.15) is 0 Å². The molecule has 1 saturated carbocycles. The van der Waals surface area contributed by atoms with Crippen molar-refractivity contribution in [2.75, 3.05) is 41.8 Å². The monoisotopic (exact) mass is 303 g/mol. The van der Waals surface area contributed by atoms with Gasteiger partial charge in [-0.25, -0.2) is 0 Å². The van der Waals surface area contributed by atoms with Gasteiger partial charge in [-0.3, -0.25) is 4.99 Å². The molecule has 1 aromatic rings. The average molecular weight is 303 g/mol. The average Bonchev–Trinajstić information content (AvgIpc) is 2.97. The zero-order valence-corrected chi connectivity index (χ0v) is 14.6. The van der Waals surface area contributed by atoms with E-state index in [2.05, 4.69) is 28.0 Å². The lowest BCUT2D eigenvalue weighted by Gasteiger charge is -2.30. The van der Waals surface area contributed by atoms with E-state index >= 15 is 0 Å². The van der Waals surface area contributed by atoms with Gasteiger partial charge in [0.15, 0.2) is 5.96 Å². The predicted molar refractivity (Wildman–Crippen MR) is 92.8 cm³/mol. The van der Waals surface area contributed by atoms with Gasteiger partial charge in [-0.1, -0.05) is 25.0 Å². The Hall–Kier alpha value is -1.71. The molecule has 0 atom stereocenters. The second-order valence-corrected chi connectivity index (χ2v) is 6.62. The van der Waals surface area contributed by atoms with Crippen LogP contribution in [0.4, 0.5) is 0 Å². The summed E-state index contributed by atoms with van der Waals surface area (Å²) >= 11 is 0. The van der Waals surface area contributed by atoms with Crippen molar-refractivity contribution in [3.8, 4) is 5.75 Å². The number of nitrogens with zero attached hydrogens (tertiary/aromatic N) is 3. The molecule has 0 bridgehead atoms. The summed E-state index contributed by atoms with van der Waals surface area (Å²) in [4.78, 5) is 9.09. The molecule has 0 spiro atoms. The molecule has 4 heteroatoms. The standard InChI is InChI=1S/C18H29N3O/c1-20(2)17(21(3)4)19-14-18(11-6-7-12-18)15-9-8-10-16(13-15)22-5/h8-10,13H,6-7,11-12,14H2,1-5H3. The molecule has 0 radical (unpaired) electrons. The molecule has 0 amide bonds. The van der Waals surface area contributed by atoms with Crippen molar-refractivity contribution in [2.45, 2.75) is 31.1 Å². The van der Waals surface area contributed by atoms with Gasteiger partial charge in [0, 0.05) is 33.6 Å². The SMILES string of the molecule is COc1cccc(C2(CN=C(N(C)C)N(C)C)CCCC2)c1. The molecular weight excluding hydrogens is 274 g/mol. The van der Waals surface area contributed by atoms with Crippen LogP contribution in [0.5, 0.6) is 5.75 Å². The fourth-order valence-electron chi connectivity index (χ4n) is 3.45.